The molecule has 0 fully saturated rings. The van der Waals surface area contributed by atoms with Crippen LogP contribution >= 0.6 is 0 Å². The molecule has 4 N–H and O–H groups in total. The summed E-state index contributed by atoms with van der Waals surface area (Å²) in [5.74, 6) is -1.13. The third-order valence-electron chi connectivity index (χ3n) is 5.65. The van der Waals surface area contributed by atoms with Crippen molar-refractivity contribution >= 4 is 29.4 Å². The number of aromatic nitrogens is 1. The van der Waals surface area contributed by atoms with E-state index in [0.29, 0.717) is 37.4 Å². The number of halogens is 1. The summed E-state index contributed by atoms with van der Waals surface area (Å²) < 4.78 is 19.9. The van der Waals surface area contributed by atoms with E-state index in [2.05, 4.69) is 31.4 Å². The lowest BCUT2D eigenvalue weighted by Crippen LogP contribution is -2.47. The van der Waals surface area contributed by atoms with E-state index in [4.69, 9.17) is 9.84 Å². The van der Waals surface area contributed by atoms with E-state index in [0.717, 1.165) is 0 Å². The Balaban J connectivity index is 1.55. The fourth-order valence-electron chi connectivity index (χ4n) is 3.82. The van der Waals surface area contributed by atoms with E-state index in [1.165, 1.54) is 25.4 Å². The Bertz CT molecular complexity index is 1190. The molecular weight excluding hydrogens is 511 g/mol. The summed E-state index contributed by atoms with van der Waals surface area (Å²) in [6, 6.07) is 6.69. The van der Waals surface area contributed by atoms with Crippen molar-refractivity contribution in [3.63, 3.8) is 0 Å². The average Bonchev–Trinajstić information content (AvgIpc) is 3.34. The second kappa shape index (κ2) is 13.9. The van der Waals surface area contributed by atoms with Crippen LogP contribution in [0.2, 0.25) is 0 Å². The van der Waals surface area contributed by atoms with Crippen LogP contribution in [-0.4, -0.2) is 64.5 Å². The standard InChI is InChI=1S/C25H33FN8O5/c1-16(2)12-21(34-15-33(31-32-34)11-5-7-23(36)37)29-22(35)14-17-8-9-19(18(26)13-17)28-25(38)30-24-20(39-3)6-4-10-27-24/h4,6,8-10,13,16,21H,5,7,11-12,14-15H2,1-3H3,(H,29,35)(H,36,37)(H2,27,28,30,38). The number of nitrogens with one attached hydrogen (secondary N) is 3. The molecule has 0 aliphatic carbocycles. The third kappa shape index (κ3) is 9.09. The summed E-state index contributed by atoms with van der Waals surface area (Å²) in [5.41, 5.74) is 0.355. The molecule has 3 amide bonds. The van der Waals surface area contributed by atoms with Crippen molar-refractivity contribution in [2.75, 3.05) is 31.0 Å². The van der Waals surface area contributed by atoms with Gasteiger partial charge in [-0.1, -0.05) is 25.1 Å². The number of carbonyl (C=O) groups excluding carboxylic acids is 2. The molecule has 1 aromatic heterocycles. The molecule has 1 aliphatic rings. The fourth-order valence-corrected chi connectivity index (χ4v) is 3.82. The molecule has 1 aliphatic heterocycles. The number of hydrogen-bond acceptors (Lipinski definition) is 9. The zero-order valence-electron chi connectivity index (χ0n) is 22.1. The van der Waals surface area contributed by atoms with Gasteiger partial charge in [-0.2, -0.15) is 0 Å². The summed E-state index contributed by atoms with van der Waals surface area (Å²) in [4.78, 5) is 39.9. The quantitative estimate of drug-likeness (QED) is 0.297. The lowest BCUT2D eigenvalue weighted by atomic mass is 10.1. The summed E-state index contributed by atoms with van der Waals surface area (Å²) in [5, 5.41) is 28.1. The summed E-state index contributed by atoms with van der Waals surface area (Å²) in [7, 11) is 1.44. The highest BCUT2D eigenvalue weighted by Gasteiger charge is 2.26. The number of anilines is 2. The summed E-state index contributed by atoms with van der Waals surface area (Å²) >= 11 is 0. The lowest BCUT2D eigenvalue weighted by Gasteiger charge is -2.28. The Morgan fingerprint density at radius 3 is 2.67 bits per heavy atom. The number of rotatable bonds is 13. The minimum atomic E-state index is -0.874. The van der Waals surface area contributed by atoms with Gasteiger partial charge in [0.05, 0.1) is 19.2 Å². The third-order valence-corrected chi connectivity index (χ3v) is 5.65. The molecule has 14 heteroatoms. The zero-order chi connectivity index (χ0) is 28.4. The molecule has 1 unspecified atom stereocenters. The van der Waals surface area contributed by atoms with Crippen LogP contribution in [0.5, 0.6) is 5.75 Å². The van der Waals surface area contributed by atoms with Crippen LogP contribution in [0.3, 0.4) is 0 Å². The molecule has 0 spiro atoms. The summed E-state index contributed by atoms with van der Waals surface area (Å²) in [6.07, 6.45) is 2.02. The van der Waals surface area contributed by atoms with Gasteiger partial charge in [-0.15, -0.1) is 0 Å². The van der Waals surface area contributed by atoms with Crippen molar-refractivity contribution in [1.29, 1.82) is 0 Å². The van der Waals surface area contributed by atoms with Gasteiger partial charge in [0.15, 0.2) is 11.6 Å². The number of nitrogens with zero attached hydrogens (tertiary/aromatic N) is 5. The van der Waals surface area contributed by atoms with Gasteiger partial charge < -0.3 is 20.5 Å². The molecule has 0 saturated heterocycles. The summed E-state index contributed by atoms with van der Waals surface area (Å²) in [6.45, 7) is 4.77. The number of amides is 3. The van der Waals surface area contributed by atoms with E-state index < -0.39 is 24.0 Å². The number of pyridine rings is 1. The largest absolute Gasteiger partial charge is 0.493 e. The molecule has 39 heavy (non-hydrogen) atoms. The first-order valence-corrected chi connectivity index (χ1v) is 12.4. The van der Waals surface area contributed by atoms with E-state index >= 15 is 0 Å². The molecular formula is C25H33FN8O5. The van der Waals surface area contributed by atoms with Gasteiger partial charge in [0.1, 0.15) is 18.7 Å². The second-order valence-corrected chi connectivity index (χ2v) is 9.32. The van der Waals surface area contributed by atoms with E-state index in [1.54, 1.807) is 28.2 Å². The van der Waals surface area contributed by atoms with Crippen LogP contribution in [0.15, 0.2) is 47.0 Å². The molecule has 210 valence electrons. The normalized spacial score (nSPS) is 13.4. The SMILES string of the molecule is COc1cccnc1NC(=O)Nc1ccc(CC(=O)NC(CC(C)C)N2CN(CCCC(=O)O)N=N2)cc1F. The van der Waals surface area contributed by atoms with Crippen LogP contribution in [0.25, 0.3) is 0 Å². The highest BCUT2D eigenvalue weighted by Crippen LogP contribution is 2.22. The molecule has 3 rings (SSSR count). The Hall–Kier alpha value is -4.49. The van der Waals surface area contributed by atoms with E-state index in [1.807, 2.05) is 13.8 Å². The number of urea groups is 1. The number of carboxylic acid groups (broad SMARTS) is 1. The number of benzene rings is 1. The van der Waals surface area contributed by atoms with Crippen molar-refractivity contribution in [2.45, 2.75) is 45.7 Å². The van der Waals surface area contributed by atoms with Crippen molar-refractivity contribution in [3.8, 4) is 5.75 Å². The van der Waals surface area contributed by atoms with Crippen molar-refractivity contribution in [2.24, 2.45) is 16.4 Å². The smallest absolute Gasteiger partial charge is 0.325 e. The molecule has 0 radical (unpaired) electrons. The van der Waals surface area contributed by atoms with Crippen LogP contribution in [0.1, 0.15) is 38.7 Å². The first kappa shape index (κ1) is 29.1. The van der Waals surface area contributed by atoms with Gasteiger partial charge in [-0.25, -0.2) is 19.2 Å². The average molecular weight is 545 g/mol. The van der Waals surface area contributed by atoms with Gasteiger partial charge in [0.25, 0.3) is 0 Å². The molecule has 1 aromatic carbocycles. The number of hydrogen-bond donors (Lipinski definition) is 4. The molecule has 0 bridgehead atoms. The van der Waals surface area contributed by atoms with Crippen molar-refractivity contribution < 1.29 is 28.6 Å². The minimum Gasteiger partial charge on any atom is -0.493 e. The first-order valence-electron chi connectivity index (χ1n) is 12.4. The van der Waals surface area contributed by atoms with Crippen LogP contribution in [0, 0.1) is 11.7 Å². The molecule has 2 heterocycles. The number of carboxylic acids is 1. The van der Waals surface area contributed by atoms with E-state index in [9.17, 15) is 18.8 Å². The Labute approximate surface area is 225 Å². The Morgan fingerprint density at radius 2 is 1.97 bits per heavy atom. The second-order valence-electron chi connectivity index (χ2n) is 9.32. The van der Waals surface area contributed by atoms with Crippen molar-refractivity contribution in [1.82, 2.24) is 20.3 Å². The Morgan fingerprint density at radius 1 is 1.18 bits per heavy atom. The van der Waals surface area contributed by atoms with Gasteiger partial charge in [0.2, 0.25) is 5.91 Å². The number of ether oxygens (including phenoxy) is 1. The number of methoxy groups -OCH3 is 1. The van der Waals surface area contributed by atoms with Crippen LogP contribution in [0.4, 0.5) is 20.7 Å². The zero-order valence-corrected chi connectivity index (χ0v) is 22.1. The van der Waals surface area contributed by atoms with Gasteiger partial charge in [-0.05, 0) is 53.8 Å². The maximum Gasteiger partial charge on any atom is 0.325 e. The highest BCUT2D eigenvalue weighted by atomic mass is 19.1. The maximum absolute atomic E-state index is 14.7. The number of aliphatic carboxylic acids is 1. The predicted molar refractivity (Wildman–Crippen MR) is 140 cm³/mol. The fraction of sp³-hybridized carbons (Fsp3) is 0.440. The Kier molecular flexibility index (Phi) is 10.3. The van der Waals surface area contributed by atoms with Crippen molar-refractivity contribution in [3.05, 3.63) is 47.9 Å². The predicted octanol–water partition coefficient (Wildman–Crippen LogP) is 3.63. The maximum atomic E-state index is 14.7. The molecule has 0 saturated carbocycles. The molecule has 2 aromatic rings. The van der Waals surface area contributed by atoms with E-state index in [-0.39, 0.29) is 36.2 Å². The topological polar surface area (TPSA) is 161 Å². The first-order chi connectivity index (χ1) is 18.6. The highest BCUT2D eigenvalue weighted by molar-refractivity contribution is 6.00. The lowest BCUT2D eigenvalue weighted by molar-refractivity contribution is -0.137. The van der Waals surface area contributed by atoms with Crippen LogP contribution in [-0.2, 0) is 16.0 Å². The molecule has 1 atom stereocenters. The van der Waals surface area contributed by atoms with Gasteiger partial charge in [-0.3, -0.25) is 19.9 Å². The van der Waals surface area contributed by atoms with Crippen LogP contribution < -0.4 is 20.7 Å². The van der Waals surface area contributed by atoms with Gasteiger partial charge in [0, 0.05) is 19.2 Å². The van der Waals surface area contributed by atoms with Gasteiger partial charge >= 0.3 is 12.0 Å². The number of carbonyl (C=O) groups is 3. The minimum absolute atomic E-state index is 0.0344. The monoisotopic (exact) mass is 544 g/mol. The molecule has 13 nitrogen and oxygen atoms in total.